The Balaban J connectivity index is 1.71. The molecule has 0 saturated carbocycles. The number of benzene rings is 2. The second kappa shape index (κ2) is 9.12. The van der Waals surface area contributed by atoms with Crippen molar-refractivity contribution in [3.8, 4) is 0 Å². The normalized spacial score (nSPS) is 21.9. The molecule has 7 heteroatoms. The number of aliphatic hydroxyl groups is 1. The molecule has 2 saturated heterocycles. The molecule has 2 aliphatic rings. The molecule has 0 aliphatic carbocycles. The van der Waals surface area contributed by atoms with Gasteiger partial charge in [0.1, 0.15) is 5.76 Å². The third-order valence-electron chi connectivity index (χ3n) is 5.53. The van der Waals surface area contributed by atoms with Gasteiger partial charge in [0.15, 0.2) is 0 Å². The summed E-state index contributed by atoms with van der Waals surface area (Å²) < 4.78 is 6.25. The molecule has 2 fully saturated rings. The van der Waals surface area contributed by atoms with Crippen LogP contribution < -0.4 is 0 Å². The number of likely N-dealkylation sites (tertiary alicyclic amines) is 1. The first-order valence-electron chi connectivity index (χ1n) is 9.95. The first-order chi connectivity index (χ1) is 14.6. The highest BCUT2D eigenvalue weighted by Gasteiger charge is 2.45. The fourth-order valence-corrected chi connectivity index (χ4v) is 4.19. The molecule has 0 unspecified atom stereocenters. The Morgan fingerprint density at radius 2 is 1.67 bits per heavy atom. The second-order valence-electron chi connectivity index (χ2n) is 7.36. The maximum atomic E-state index is 13.0. The predicted octanol–water partition coefficient (Wildman–Crippen LogP) is 3.20. The van der Waals surface area contributed by atoms with Crippen LogP contribution in [0.3, 0.4) is 0 Å². The van der Waals surface area contributed by atoms with Crippen LogP contribution in [0.5, 0.6) is 0 Å². The lowest BCUT2D eigenvalue weighted by molar-refractivity contribution is -0.140. The summed E-state index contributed by atoms with van der Waals surface area (Å²) in [5.74, 6) is -1.37. The third-order valence-corrected chi connectivity index (χ3v) is 6.06. The lowest BCUT2D eigenvalue weighted by Crippen LogP contribution is -2.42. The molecule has 0 radical (unpaired) electrons. The first-order valence-corrected chi connectivity index (χ1v) is 10.7. The molecule has 1 amide bonds. The number of aliphatic hydroxyl groups excluding tert-OH is 1. The number of rotatable bonds is 5. The van der Waals surface area contributed by atoms with Gasteiger partial charge in [-0.25, -0.2) is 0 Å². The number of carbonyl (C=O) groups excluding carboxylic acids is 2. The van der Waals surface area contributed by atoms with Crippen molar-refractivity contribution in [3.05, 3.63) is 75.8 Å². The predicted molar refractivity (Wildman–Crippen MR) is 117 cm³/mol. The summed E-state index contributed by atoms with van der Waals surface area (Å²) in [6, 6.07) is 15.8. The lowest BCUT2D eigenvalue weighted by atomic mass is 9.95. The van der Waals surface area contributed by atoms with Crippen molar-refractivity contribution in [2.24, 2.45) is 0 Å². The number of nitrogens with zero attached hydrogens (tertiary/aromatic N) is 2. The van der Waals surface area contributed by atoms with Crippen LogP contribution in [0.25, 0.3) is 5.76 Å². The molecule has 2 heterocycles. The molecule has 6 nitrogen and oxygen atoms in total. The molecule has 2 aliphatic heterocycles. The number of hydrogen-bond donors (Lipinski definition) is 1. The monoisotopic (exact) mass is 470 g/mol. The van der Waals surface area contributed by atoms with Crippen molar-refractivity contribution in [1.29, 1.82) is 0 Å². The van der Waals surface area contributed by atoms with Crippen LogP contribution in [0.4, 0.5) is 0 Å². The van der Waals surface area contributed by atoms with Crippen LogP contribution in [0.15, 0.2) is 64.6 Å². The van der Waals surface area contributed by atoms with Gasteiger partial charge < -0.3 is 14.7 Å². The highest BCUT2D eigenvalue weighted by Crippen LogP contribution is 2.39. The third kappa shape index (κ3) is 4.19. The molecule has 1 N–H and O–H groups in total. The van der Waals surface area contributed by atoms with Gasteiger partial charge in [-0.05, 0) is 17.7 Å². The Labute approximate surface area is 183 Å². The molecule has 2 aromatic rings. The molecule has 30 heavy (non-hydrogen) atoms. The van der Waals surface area contributed by atoms with E-state index in [-0.39, 0.29) is 11.3 Å². The van der Waals surface area contributed by atoms with Gasteiger partial charge in [-0.3, -0.25) is 14.5 Å². The molecule has 1 atom stereocenters. The first kappa shape index (κ1) is 20.8. The van der Waals surface area contributed by atoms with E-state index in [9.17, 15) is 14.7 Å². The summed E-state index contributed by atoms with van der Waals surface area (Å²) >= 11 is 3.38. The van der Waals surface area contributed by atoms with Crippen LogP contribution in [0.1, 0.15) is 17.2 Å². The zero-order valence-corrected chi connectivity index (χ0v) is 18.0. The average Bonchev–Trinajstić information content (AvgIpc) is 3.04. The topological polar surface area (TPSA) is 70.1 Å². The van der Waals surface area contributed by atoms with Gasteiger partial charge in [-0.2, -0.15) is 0 Å². The average molecular weight is 471 g/mol. The van der Waals surface area contributed by atoms with Gasteiger partial charge >= 0.3 is 0 Å². The minimum Gasteiger partial charge on any atom is -0.507 e. The molecular formula is C23H23BrN2O4. The number of ether oxygens (including phenoxy) is 1. The molecule has 0 bridgehead atoms. The molecule has 2 aromatic carbocycles. The van der Waals surface area contributed by atoms with E-state index >= 15 is 0 Å². The van der Waals surface area contributed by atoms with Crippen molar-refractivity contribution in [3.63, 3.8) is 0 Å². The molecule has 0 spiro atoms. The summed E-state index contributed by atoms with van der Waals surface area (Å²) in [4.78, 5) is 29.7. The smallest absolute Gasteiger partial charge is 0.295 e. The summed E-state index contributed by atoms with van der Waals surface area (Å²) in [7, 11) is 0. The number of amides is 1. The molecular weight excluding hydrogens is 448 g/mol. The van der Waals surface area contributed by atoms with Gasteiger partial charge in [0.05, 0.1) is 24.8 Å². The van der Waals surface area contributed by atoms with Gasteiger partial charge in [-0.15, -0.1) is 0 Å². The summed E-state index contributed by atoms with van der Waals surface area (Å²) in [5.41, 5.74) is 1.44. The van der Waals surface area contributed by atoms with Crippen LogP contribution in [-0.4, -0.2) is 66.0 Å². The van der Waals surface area contributed by atoms with E-state index in [1.54, 1.807) is 29.2 Å². The zero-order chi connectivity index (χ0) is 21.1. The fraction of sp³-hybridized carbons (Fsp3) is 0.304. The van der Waals surface area contributed by atoms with E-state index in [1.165, 1.54) is 0 Å². The molecule has 0 aromatic heterocycles. The van der Waals surface area contributed by atoms with E-state index in [2.05, 4.69) is 20.8 Å². The Hall–Kier alpha value is -2.48. The standard InChI is InChI=1S/C23H23BrN2O4/c24-18-8-6-17(7-9-18)21(27)19-20(16-4-2-1-3-5-16)26(23(29)22(19)28)11-10-25-12-14-30-15-13-25/h1-9,20,27H,10-15H2/b21-19+/t20-/m1/s1. The molecule has 156 valence electrons. The number of Topliss-reactive ketones (excluding diaryl/α,β-unsaturated/α-hetero) is 1. The van der Waals surface area contributed by atoms with Gasteiger partial charge in [0.2, 0.25) is 0 Å². The van der Waals surface area contributed by atoms with Crippen molar-refractivity contribution >= 4 is 33.4 Å². The van der Waals surface area contributed by atoms with Gasteiger partial charge in [-0.1, -0.05) is 58.4 Å². The number of morpholine rings is 1. The van der Waals surface area contributed by atoms with Crippen molar-refractivity contribution in [2.45, 2.75) is 6.04 Å². The van der Waals surface area contributed by atoms with Crippen LogP contribution >= 0.6 is 15.9 Å². The van der Waals surface area contributed by atoms with Crippen LogP contribution in [0, 0.1) is 0 Å². The number of halogens is 1. The number of ketones is 1. The SMILES string of the molecule is O=C1C(=O)N(CCN2CCOCC2)[C@H](c2ccccc2)/C1=C(\O)c1ccc(Br)cc1. The Morgan fingerprint density at radius 1 is 1.00 bits per heavy atom. The number of carbonyl (C=O) groups is 2. The number of hydrogen-bond acceptors (Lipinski definition) is 5. The van der Waals surface area contributed by atoms with Crippen molar-refractivity contribution in [1.82, 2.24) is 9.80 Å². The van der Waals surface area contributed by atoms with Crippen LogP contribution in [-0.2, 0) is 14.3 Å². The molecule has 4 rings (SSSR count). The van der Waals surface area contributed by atoms with Crippen molar-refractivity contribution < 1.29 is 19.4 Å². The maximum Gasteiger partial charge on any atom is 0.295 e. The highest BCUT2D eigenvalue weighted by atomic mass is 79.9. The summed E-state index contributed by atoms with van der Waals surface area (Å²) in [6.45, 7) is 4.01. The van der Waals surface area contributed by atoms with E-state index in [0.29, 0.717) is 31.9 Å². The minimum absolute atomic E-state index is 0.135. The van der Waals surface area contributed by atoms with E-state index in [0.717, 1.165) is 23.1 Å². The van der Waals surface area contributed by atoms with Gasteiger partial charge in [0.25, 0.3) is 11.7 Å². The van der Waals surface area contributed by atoms with E-state index < -0.39 is 17.7 Å². The minimum atomic E-state index is -0.647. The lowest BCUT2D eigenvalue weighted by Gasteiger charge is -2.31. The summed E-state index contributed by atoms with van der Waals surface area (Å²) in [5, 5.41) is 11.0. The summed E-state index contributed by atoms with van der Waals surface area (Å²) in [6.07, 6.45) is 0. The Morgan fingerprint density at radius 3 is 2.33 bits per heavy atom. The Kier molecular flexibility index (Phi) is 6.32. The van der Waals surface area contributed by atoms with Crippen LogP contribution in [0.2, 0.25) is 0 Å². The quantitative estimate of drug-likeness (QED) is 0.412. The van der Waals surface area contributed by atoms with Gasteiger partial charge in [0, 0.05) is 36.2 Å². The Bertz CT molecular complexity index is 953. The van der Waals surface area contributed by atoms with Crippen molar-refractivity contribution in [2.75, 3.05) is 39.4 Å². The zero-order valence-electron chi connectivity index (χ0n) is 16.5. The second-order valence-corrected chi connectivity index (χ2v) is 8.28. The largest absolute Gasteiger partial charge is 0.507 e. The fourth-order valence-electron chi connectivity index (χ4n) is 3.93. The van der Waals surface area contributed by atoms with E-state index in [4.69, 9.17) is 4.74 Å². The maximum absolute atomic E-state index is 13.0. The van der Waals surface area contributed by atoms with E-state index in [1.807, 2.05) is 30.3 Å². The highest BCUT2D eigenvalue weighted by molar-refractivity contribution is 9.10.